The van der Waals surface area contributed by atoms with E-state index in [4.69, 9.17) is 4.74 Å². The van der Waals surface area contributed by atoms with E-state index in [1.807, 2.05) is 0 Å². The van der Waals surface area contributed by atoms with Crippen LogP contribution in [0.3, 0.4) is 0 Å². The third kappa shape index (κ3) is 5.02. The number of halogens is 1. The van der Waals surface area contributed by atoms with Gasteiger partial charge in [0.2, 0.25) is 5.91 Å². The number of carbonyl (C=O) groups is 1. The Balaban J connectivity index is 1.50. The van der Waals surface area contributed by atoms with Crippen LogP contribution in [0, 0.1) is 17.7 Å². The van der Waals surface area contributed by atoms with E-state index in [-0.39, 0.29) is 23.6 Å². The Hall–Kier alpha value is -1.46. The predicted molar refractivity (Wildman–Crippen MR) is 95.9 cm³/mol. The van der Waals surface area contributed by atoms with E-state index in [0.29, 0.717) is 18.5 Å². The summed E-state index contributed by atoms with van der Waals surface area (Å²) in [5.74, 6) is 0.781. The summed E-state index contributed by atoms with van der Waals surface area (Å²) >= 11 is 0. The number of morpholine rings is 1. The molecule has 0 bridgehead atoms. The van der Waals surface area contributed by atoms with Crippen LogP contribution >= 0.6 is 0 Å². The molecule has 1 saturated heterocycles. The molecular formula is C20H29FN2O2. The molecule has 1 heterocycles. The number of hydrogen-bond acceptors (Lipinski definition) is 3. The summed E-state index contributed by atoms with van der Waals surface area (Å²) in [6.07, 6.45) is 1.94. The number of nitrogens with zero attached hydrogens (tertiary/aromatic N) is 1. The van der Waals surface area contributed by atoms with Crippen LogP contribution in [-0.4, -0.2) is 49.7 Å². The zero-order valence-corrected chi connectivity index (χ0v) is 15.2. The average molecular weight is 348 g/mol. The van der Waals surface area contributed by atoms with Crippen LogP contribution in [-0.2, 0) is 9.53 Å². The number of nitrogens with one attached hydrogen (secondary N) is 1. The second-order valence-corrected chi connectivity index (χ2v) is 7.68. The van der Waals surface area contributed by atoms with Crippen LogP contribution in [0.5, 0.6) is 0 Å². The Morgan fingerprint density at radius 1 is 1.28 bits per heavy atom. The fourth-order valence-corrected chi connectivity index (χ4v) is 3.76. The summed E-state index contributed by atoms with van der Waals surface area (Å²) in [6, 6.07) is 6.90. The summed E-state index contributed by atoms with van der Waals surface area (Å²) in [5, 5.41) is 3.16. The summed E-state index contributed by atoms with van der Waals surface area (Å²) in [6.45, 7) is 8.57. The van der Waals surface area contributed by atoms with Gasteiger partial charge in [0, 0.05) is 31.6 Å². The fourth-order valence-electron chi connectivity index (χ4n) is 3.76. The third-order valence-electron chi connectivity index (χ3n) is 5.24. The van der Waals surface area contributed by atoms with Gasteiger partial charge in [0.15, 0.2) is 0 Å². The van der Waals surface area contributed by atoms with Crippen molar-refractivity contribution >= 4 is 5.91 Å². The van der Waals surface area contributed by atoms with Crippen molar-refractivity contribution < 1.29 is 13.9 Å². The maximum atomic E-state index is 13.0. The largest absolute Gasteiger partial charge is 0.379 e. The van der Waals surface area contributed by atoms with Crippen LogP contribution in [0.1, 0.15) is 38.2 Å². The molecule has 138 valence electrons. The lowest BCUT2D eigenvalue weighted by Gasteiger charge is -2.35. The van der Waals surface area contributed by atoms with Gasteiger partial charge in [0.25, 0.3) is 0 Å². The van der Waals surface area contributed by atoms with Gasteiger partial charge in [-0.2, -0.15) is 0 Å². The van der Waals surface area contributed by atoms with E-state index < -0.39 is 0 Å². The molecule has 3 unspecified atom stereocenters. The minimum atomic E-state index is -0.229. The Kier molecular flexibility index (Phi) is 6.07. The molecule has 1 aromatic carbocycles. The van der Waals surface area contributed by atoms with Crippen LogP contribution < -0.4 is 5.32 Å². The van der Waals surface area contributed by atoms with E-state index in [2.05, 4.69) is 24.1 Å². The van der Waals surface area contributed by atoms with Crippen LogP contribution in [0.25, 0.3) is 0 Å². The van der Waals surface area contributed by atoms with Gasteiger partial charge in [-0.15, -0.1) is 0 Å². The first-order valence-corrected chi connectivity index (χ1v) is 9.39. The molecule has 5 heteroatoms. The van der Waals surface area contributed by atoms with Gasteiger partial charge >= 0.3 is 0 Å². The number of hydrogen-bond donors (Lipinski definition) is 1. The molecule has 0 radical (unpaired) electrons. The van der Waals surface area contributed by atoms with Gasteiger partial charge in [0.1, 0.15) is 5.82 Å². The monoisotopic (exact) mass is 348 g/mol. The van der Waals surface area contributed by atoms with E-state index in [9.17, 15) is 9.18 Å². The minimum Gasteiger partial charge on any atom is -0.379 e. The summed E-state index contributed by atoms with van der Waals surface area (Å²) in [7, 11) is 0. The summed E-state index contributed by atoms with van der Waals surface area (Å²) in [4.78, 5) is 14.9. The Morgan fingerprint density at radius 2 is 1.96 bits per heavy atom. The zero-order chi connectivity index (χ0) is 17.8. The standard InChI is InChI=1S/C20H29FN2O2/c1-14(2)11-17(23-7-9-25-10-8-23)13-22-20(24)19-12-18(19)15-3-5-16(21)6-4-15/h3-6,14,17-19H,7-13H2,1-2H3,(H,22,24). The highest BCUT2D eigenvalue weighted by molar-refractivity contribution is 5.82. The molecule has 0 spiro atoms. The molecule has 25 heavy (non-hydrogen) atoms. The van der Waals surface area contributed by atoms with Crippen molar-refractivity contribution in [2.24, 2.45) is 11.8 Å². The molecule has 1 saturated carbocycles. The average Bonchev–Trinajstić information content (AvgIpc) is 3.40. The first kappa shape index (κ1) is 18.3. The van der Waals surface area contributed by atoms with E-state index in [1.165, 1.54) is 12.1 Å². The zero-order valence-electron chi connectivity index (χ0n) is 15.2. The smallest absolute Gasteiger partial charge is 0.223 e. The summed E-state index contributed by atoms with van der Waals surface area (Å²) in [5.41, 5.74) is 1.06. The Morgan fingerprint density at radius 3 is 2.60 bits per heavy atom. The second kappa shape index (κ2) is 8.28. The first-order chi connectivity index (χ1) is 12.0. The second-order valence-electron chi connectivity index (χ2n) is 7.68. The molecule has 1 aliphatic carbocycles. The molecule has 4 nitrogen and oxygen atoms in total. The van der Waals surface area contributed by atoms with Crippen LogP contribution in [0.2, 0.25) is 0 Å². The number of amides is 1. The van der Waals surface area contributed by atoms with Crippen molar-refractivity contribution in [1.82, 2.24) is 10.2 Å². The van der Waals surface area contributed by atoms with Gasteiger partial charge in [-0.3, -0.25) is 9.69 Å². The van der Waals surface area contributed by atoms with Crippen LogP contribution in [0.4, 0.5) is 4.39 Å². The maximum absolute atomic E-state index is 13.0. The number of ether oxygens (including phenoxy) is 1. The highest BCUT2D eigenvalue weighted by atomic mass is 19.1. The Bertz CT molecular complexity index is 570. The lowest BCUT2D eigenvalue weighted by atomic mass is 10.0. The lowest BCUT2D eigenvalue weighted by Crippen LogP contribution is -2.49. The molecule has 2 fully saturated rings. The SMILES string of the molecule is CC(C)CC(CNC(=O)C1CC1c1ccc(F)cc1)N1CCOCC1. The topological polar surface area (TPSA) is 41.6 Å². The predicted octanol–water partition coefficient (Wildman–Crippen LogP) is 2.79. The maximum Gasteiger partial charge on any atom is 0.223 e. The summed E-state index contributed by atoms with van der Waals surface area (Å²) < 4.78 is 18.5. The molecule has 3 rings (SSSR count). The number of benzene rings is 1. The van der Waals surface area contributed by atoms with Crippen LogP contribution in [0.15, 0.2) is 24.3 Å². The van der Waals surface area contributed by atoms with Crippen molar-refractivity contribution in [1.29, 1.82) is 0 Å². The van der Waals surface area contributed by atoms with Crippen molar-refractivity contribution in [3.8, 4) is 0 Å². The normalized spacial score (nSPS) is 25.0. The molecule has 0 aromatic heterocycles. The number of rotatable bonds is 7. The molecule has 1 amide bonds. The quantitative estimate of drug-likeness (QED) is 0.824. The van der Waals surface area contributed by atoms with Gasteiger partial charge < -0.3 is 10.1 Å². The Labute approximate surface area is 149 Å². The third-order valence-corrected chi connectivity index (χ3v) is 5.24. The van der Waals surface area contributed by atoms with Gasteiger partial charge in [-0.1, -0.05) is 26.0 Å². The van der Waals surface area contributed by atoms with E-state index in [1.54, 1.807) is 12.1 Å². The molecule has 2 aliphatic rings. The van der Waals surface area contributed by atoms with E-state index in [0.717, 1.165) is 44.7 Å². The van der Waals surface area contributed by atoms with Gasteiger partial charge in [0.05, 0.1) is 13.2 Å². The van der Waals surface area contributed by atoms with Crippen molar-refractivity contribution in [3.63, 3.8) is 0 Å². The molecule has 1 N–H and O–H groups in total. The molecular weight excluding hydrogens is 319 g/mol. The molecule has 1 aliphatic heterocycles. The first-order valence-electron chi connectivity index (χ1n) is 9.39. The lowest BCUT2D eigenvalue weighted by molar-refractivity contribution is -0.122. The number of carbonyl (C=O) groups excluding carboxylic acids is 1. The van der Waals surface area contributed by atoms with Gasteiger partial charge in [-0.25, -0.2) is 4.39 Å². The molecule has 3 atom stereocenters. The van der Waals surface area contributed by atoms with E-state index >= 15 is 0 Å². The van der Waals surface area contributed by atoms with Crippen molar-refractivity contribution in [2.75, 3.05) is 32.8 Å². The fraction of sp³-hybridized carbons (Fsp3) is 0.650. The highest BCUT2D eigenvalue weighted by Crippen LogP contribution is 2.47. The minimum absolute atomic E-state index is 0.0369. The van der Waals surface area contributed by atoms with Crippen molar-refractivity contribution in [2.45, 2.75) is 38.6 Å². The van der Waals surface area contributed by atoms with Gasteiger partial charge in [-0.05, 0) is 42.4 Å². The van der Waals surface area contributed by atoms with Crippen molar-refractivity contribution in [3.05, 3.63) is 35.6 Å². The highest BCUT2D eigenvalue weighted by Gasteiger charge is 2.44. The molecule has 1 aromatic rings.